The zero-order chi connectivity index (χ0) is 13.4. The number of amides is 1. The van der Waals surface area contributed by atoms with Crippen molar-refractivity contribution in [2.24, 2.45) is 11.8 Å². The van der Waals surface area contributed by atoms with Gasteiger partial charge in [-0.05, 0) is 35.6 Å². The molecule has 1 aliphatic rings. The van der Waals surface area contributed by atoms with Gasteiger partial charge in [0, 0.05) is 5.92 Å². The van der Waals surface area contributed by atoms with Crippen LogP contribution in [0.3, 0.4) is 0 Å². The molecule has 98 valence electrons. The summed E-state index contributed by atoms with van der Waals surface area (Å²) in [5, 5.41) is 5.59. The molecule has 3 atom stereocenters. The Morgan fingerprint density at radius 2 is 1.89 bits per heavy atom. The first kappa shape index (κ1) is 12.2. The lowest BCUT2D eigenvalue weighted by Crippen LogP contribution is -2.28. The summed E-state index contributed by atoms with van der Waals surface area (Å²) in [6.45, 7) is 4.19. The summed E-state index contributed by atoms with van der Waals surface area (Å²) in [6.07, 6.45) is 1.04. The topological polar surface area (TPSA) is 29.1 Å². The van der Waals surface area contributed by atoms with E-state index in [9.17, 15) is 4.79 Å². The maximum atomic E-state index is 12.0. The second kappa shape index (κ2) is 4.69. The molecule has 2 aromatic rings. The Balaban J connectivity index is 1.85. The molecule has 2 nitrogen and oxygen atoms in total. The van der Waals surface area contributed by atoms with Crippen molar-refractivity contribution in [2.45, 2.75) is 26.3 Å². The Bertz CT molecular complexity index is 614. The second-order valence-corrected chi connectivity index (χ2v) is 5.62. The highest BCUT2D eigenvalue weighted by Gasteiger charge is 2.39. The van der Waals surface area contributed by atoms with Gasteiger partial charge in [-0.3, -0.25) is 4.79 Å². The SMILES string of the molecule is CC(NC(=O)C1CC1C)c1cccc2ccccc12. The van der Waals surface area contributed by atoms with Crippen LogP contribution in [-0.2, 0) is 4.79 Å². The van der Waals surface area contributed by atoms with Crippen molar-refractivity contribution >= 4 is 16.7 Å². The van der Waals surface area contributed by atoms with Gasteiger partial charge in [-0.25, -0.2) is 0 Å². The van der Waals surface area contributed by atoms with Crippen LogP contribution in [0.2, 0.25) is 0 Å². The van der Waals surface area contributed by atoms with E-state index in [1.165, 1.54) is 16.3 Å². The number of hydrogen-bond donors (Lipinski definition) is 1. The molecule has 0 aromatic heterocycles. The zero-order valence-electron chi connectivity index (χ0n) is 11.4. The van der Waals surface area contributed by atoms with Crippen LogP contribution in [0.25, 0.3) is 10.8 Å². The van der Waals surface area contributed by atoms with Gasteiger partial charge in [0.1, 0.15) is 0 Å². The molecule has 3 rings (SSSR count). The first-order chi connectivity index (χ1) is 9.16. The van der Waals surface area contributed by atoms with Gasteiger partial charge in [0.15, 0.2) is 0 Å². The third kappa shape index (κ3) is 2.35. The lowest BCUT2D eigenvalue weighted by molar-refractivity contribution is -0.123. The van der Waals surface area contributed by atoms with Crippen molar-refractivity contribution in [1.29, 1.82) is 0 Å². The Morgan fingerprint density at radius 1 is 1.21 bits per heavy atom. The van der Waals surface area contributed by atoms with Gasteiger partial charge in [-0.2, -0.15) is 0 Å². The normalized spacial score (nSPS) is 23.1. The van der Waals surface area contributed by atoms with E-state index in [1.807, 2.05) is 12.1 Å². The van der Waals surface area contributed by atoms with Crippen molar-refractivity contribution in [3.63, 3.8) is 0 Å². The van der Waals surface area contributed by atoms with E-state index in [-0.39, 0.29) is 17.9 Å². The molecule has 0 aliphatic heterocycles. The molecule has 19 heavy (non-hydrogen) atoms. The van der Waals surface area contributed by atoms with Crippen LogP contribution in [0.1, 0.15) is 31.9 Å². The van der Waals surface area contributed by atoms with Crippen molar-refractivity contribution in [1.82, 2.24) is 5.32 Å². The molecule has 1 amide bonds. The van der Waals surface area contributed by atoms with Gasteiger partial charge in [0.25, 0.3) is 0 Å². The predicted molar refractivity (Wildman–Crippen MR) is 77.8 cm³/mol. The highest BCUT2D eigenvalue weighted by atomic mass is 16.2. The molecule has 2 heteroatoms. The highest BCUT2D eigenvalue weighted by Crippen LogP contribution is 2.38. The molecular weight excluding hydrogens is 234 g/mol. The fourth-order valence-corrected chi connectivity index (χ4v) is 2.71. The minimum atomic E-state index is 0.0615. The molecular formula is C17H19NO. The van der Waals surface area contributed by atoms with Gasteiger partial charge in [-0.15, -0.1) is 0 Å². The first-order valence-electron chi connectivity index (χ1n) is 6.95. The summed E-state index contributed by atoms with van der Waals surface area (Å²) in [6, 6.07) is 14.6. The monoisotopic (exact) mass is 253 g/mol. The maximum absolute atomic E-state index is 12.0. The average molecular weight is 253 g/mol. The minimum Gasteiger partial charge on any atom is -0.349 e. The molecule has 2 aromatic carbocycles. The number of hydrogen-bond acceptors (Lipinski definition) is 1. The van der Waals surface area contributed by atoms with Gasteiger partial charge in [0.05, 0.1) is 6.04 Å². The van der Waals surface area contributed by atoms with E-state index < -0.39 is 0 Å². The lowest BCUT2D eigenvalue weighted by Gasteiger charge is -2.16. The van der Waals surface area contributed by atoms with Crippen LogP contribution < -0.4 is 5.32 Å². The molecule has 3 unspecified atom stereocenters. The molecule has 1 saturated carbocycles. The van der Waals surface area contributed by atoms with Crippen molar-refractivity contribution < 1.29 is 4.79 Å². The number of rotatable bonds is 3. The minimum absolute atomic E-state index is 0.0615. The van der Waals surface area contributed by atoms with Gasteiger partial charge >= 0.3 is 0 Å². The molecule has 0 saturated heterocycles. The van der Waals surface area contributed by atoms with Crippen LogP contribution in [0.5, 0.6) is 0 Å². The Kier molecular flexibility index (Phi) is 3.02. The third-order valence-electron chi connectivity index (χ3n) is 4.09. The van der Waals surface area contributed by atoms with E-state index in [0.717, 1.165) is 6.42 Å². The van der Waals surface area contributed by atoms with Crippen LogP contribution in [0.15, 0.2) is 42.5 Å². The first-order valence-corrected chi connectivity index (χ1v) is 6.95. The second-order valence-electron chi connectivity index (χ2n) is 5.62. The van der Waals surface area contributed by atoms with Crippen molar-refractivity contribution in [3.8, 4) is 0 Å². The van der Waals surface area contributed by atoms with E-state index in [1.54, 1.807) is 0 Å². The fourth-order valence-electron chi connectivity index (χ4n) is 2.71. The zero-order valence-corrected chi connectivity index (χ0v) is 11.4. The number of fused-ring (bicyclic) bond motifs is 1. The number of carbonyl (C=O) groups excluding carboxylic acids is 1. The molecule has 0 bridgehead atoms. The lowest BCUT2D eigenvalue weighted by atomic mass is 9.99. The quantitative estimate of drug-likeness (QED) is 0.888. The molecule has 0 radical (unpaired) electrons. The van der Waals surface area contributed by atoms with Crippen molar-refractivity contribution in [3.05, 3.63) is 48.0 Å². The van der Waals surface area contributed by atoms with Crippen LogP contribution >= 0.6 is 0 Å². The summed E-state index contributed by atoms with van der Waals surface area (Å²) >= 11 is 0. The fraction of sp³-hybridized carbons (Fsp3) is 0.353. The average Bonchev–Trinajstić information content (AvgIpc) is 3.15. The maximum Gasteiger partial charge on any atom is 0.223 e. The summed E-state index contributed by atoms with van der Waals surface area (Å²) in [5.74, 6) is 0.991. The van der Waals surface area contributed by atoms with Gasteiger partial charge in [0.2, 0.25) is 5.91 Å². The summed E-state index contributed by atoms with van der Waals surface area (Å²) in [5.41, 5.74) is 1.19. The third-order valence-corrected chi connectivity index (χ3v) is 4.09. The van der Waals surface area contributed by atoms with E-state index in [4.69, 9.17) is 0 Å². The number of nitrogens with one attached hydrogen (secondary N) is 1. The molecule has 1 N–H and O–H groups in total. The Morgan fingerprint density at radius 3 is 2.63 bits per heavy atom. The van der Waals surface area contributed by atoms with Crippen LogP contribution in [0.4, 0.5) is 0 Å². The standard InChI is InChI=1S/C17H19NO/c1-11-10-16(11)17(19)18-12(2)14-9-5-7-13-6-3-4-8-15(13)14/h3-9,11-12,16H,10H2,1-2H3,(H,18,19). The smallest absolute Gasteiger partial charge is 0.223 e. The molecule has 1 fully saturated rings. The van der Waals surface area contributed by atoms with E-state index >= 15 is 0 Å². The molecule has 0 spiro atoms. The Labute approximate surface area is 113 Å². The van der Waals surface area contributed by atoms with E-state index in [0.29, 0.717) is 5.92 Å². The summed E-state index contributed by atoms with van der Waals surface area (Å²) < 4.78 is 0. The van der Waals surface area contributed by atoms with Crippen LogP contribution in [-0.4, -0.2) is 5.91 Å². The highest BCUT2D eigenvalue weighted by molar-refractivity contribution is 5.87. The molecule has 0 heterocycles. The summed E-state index contributed by atoms with van der Waals surface area (Å²) in [7, 11) is 0. The number of benzene rings is 2. The molecule has 1 aliphatic carbocycles. The Hall–Kier alpha value is -1.83. The summed E-state index contributed by atoms with van der Waals surface area (Å²) in [4.78, 5) is 12.0. The van der Waals surface area contributed by atoms with Gasteiger partial charge in [-0.1, -0.05) is 49.4 Å². The van der Waals surface area contributed by atoms with E-state index in [2.05, 4.69) is 49.5 Å². The number of carbonyl (C=O) groups is 1. The van der Waals surface area contributed by atoms with Gasteiger partial charge < -0.3 is 5.32 Å². The predicted octanol–water partition coefficient (Wildman–Crippen LogP) is 3.67. The van der Waals surface area contributed by atoms with Crippen LogP contribution in [0, 0.1) is 11.8 Å². The van der Waals surface area contributed by atoms with Crippen molar-refractivity contribution in [2.75, 3.05) is 0 Å². The largest absolute Gasteiger partial charge is 0.349 e.